The standard InChI is InChI=1S/C12H12ClNO2/c1-8-11(15)6-7-14(12(8)16)10-4-2-9(13)3-5-10/h2-5,11,15H,1,6-7H2/t11-/m0/s1. The number of carbonyl (C=O) groups excluding carboxylic acids is 1. The lowest BCUT2D eigenvalue weighted by atomic mass is 10.0. The third-order valence-electron chi connectivity index (χ3n) is 2.69. The van der Waals surface area contributed by atoms with Gasteiger partial charge in [-0.05, 0) is 30.7 Å². The van der Waals surface area contributed by atoms with Crippen molar-refractivity contribution in [3.63, 3.8) is 0 Å². The van der Waals surface area contributed by atoms with Crippen molar-refractivity contribution in [2.24, 2.45) is 0 Å². The second-order valence-electron chi connectivity index (χ2n) is 3.76. The molecule has 0 unspecified atom stereocenters. The van der Waals surface area contributed by atoms with Gasteiger partial charge in [0.15, 0.2) is 0 Å². The Morgan fingerprint density at radius 1 is 1.38 bits per heavy atom. The molecule has 1 aromatic rings. The van der Waals surface area contributed by atoms with Gasteiger partial charge in [-0.15, -0.1) is 0 Å². The van der Waals surface area contributed by atoms with E-state index in [9.17, 15) is 9.90 Å². The molecule has 84 valence electrons. The molecule has 0 radical (unpaired) electrons. The van der Waals surface area contributed by atoms with E-state index in [-0.39, 0.29) is 11.5 Å². The van der Waals surface area contributed by atoms with E-state index in [0.29, 0.717) is 18.0 Å². The maximum Gasteiger partial charge on any atom is 0.256 e. The predicted octanol–water partition coefficient (Wildman–Crippen LogP) is 1.99. The van der Waals surface area contributed by atoms with Gasteiger partial charge in [-0.3, -0.25) is 4.79 Å². The van der Waals surface area contributed by atoms with Crippen LogP contribution >= 0.6 is 11.6 Å². The van der Waals surface area contributed by atoms with E-state index in [1.165, 1.54) is 0 Å². The Labute approximate surface area is 98.9 Å². The van der Waals surface area contributed by atoms with Crippen LogP contribution in [0.2, 0.25) is 5.02 Å². The molecule has 2 rings (SSSR count). The molecule has 1 saturated heterocycles. The monoisotopic (exact) mass is 237 g/mol. The zero-order valence-corrected chi connectivity index (χ0v) is 9.44. The highest BCUT2D eigenvalue weighted by Crippen LogP contribution is 2.24. The van der Waals surface area contributed by atoms with E-state index in [1.807, 2.05) is 0 Å². The van der Waals surface area contributed by atoms with E-state index in [0.717, 1.165) is 5.69 Å². The molecule has 0 saturated carbocycles. The minimum absolute atomic E-state index is 0.221. The van der Waals surface area contributed by atoms with Crippen molar-refractivity contribution in [1.29, 1.82) is 0 Å². The Bertz CT molecular complexity index is 427. The first kappa shape index (κ1) is 11.2. The fourth-order valence-corrected chi connectivity index (χ4v) is 1.84. The molecule has 1 aliphatic rings. The number of piperidine rings is 1. The van der Waals surface area contributed by atoms with Crippen LogP contribution < -0.4 is 4.90 Å². The zero-order chi connectivity index (χ0) is 11.7. The molecule has 0 aliphatic carbocycles. The van der Waals surface area contributed by atoms with Crippen molar-refractivity contribution in [1.82, 2.24) is 0 Å². The molecular formula is C12H12ClNO2. The lowest BCUT2D eigenvalue weighted by molar-refractivity contribution is -0.117. The lowest BCUT2D eigenvalue weighted by Gasteiger charge is -2.30. The molecule has 3 nitrogen and oxygen atoms in total. The van der Waals surface area contributed by atoms with Crippen molar-refractivity contribution in [2.75, 3.05) is 11.4 Å². The van der Waals surface area contributed by atoms with Crippen molar-refractivity contribution >= 4 is 23.2 Å². The van der Waals surface area contributed by atoms with Crippen LogP contribution in [0.5, 0.6) is 0 Å². The number of rotatable bonds is 1. The number of aliphatic hydroxyl groups excluding tert-OH is 1. The van der Waals surface area contributed by atoms with Crippen molar-refractivity contribution in [3.05, 3.63) is 41.4 Å². The SMILES string of the molecule is C=C1C(=O)N(c2ccc(Cl)cc2)CC[C@@H]1O. The summed E-state index contributed by atoms with van der Waals surface area (Å²) >= 11 is 5.78. The summed E-state index contributed by atoms with van der Waals surface area (Å²) in [5.41, 5.74) is 1.03. The van der Waals surface area contributed by atoms with Crippen LogP contribution in [0.15, 0.2) is 36.4 Å². The van der Waals surface area contributed by atoms with E-state index in [4.69, 9.17) is 11.6 Å². The average molecular weight is 238 g/mol. The van der Waals surface area contributed by atoms with Gasteiger partial charge < -0.3 is 10.0 Å². The largest absolute Gasteiger partial charge is 0.388 e. The van der Waals surface area contributed by atoms with Crippen LogP contribution in [0.25, 0.3) is 0 Å². The maximum absolute atomic E-state index is 11.9. The van der Waals surface area contributed by atoms with Crippen LogP contribution in [-0.2, 0) is 4.79 Å². The Balaban J connectivity index is 2.25. The first-order valence-electron chi connectivity index (χ1n) is 5.04. The van der Waals surface area contributed by atoms with Gasteiger partial charge in [0.25, 0.3) is 5.91 Å². The van der Waals surface area contributed by atoms with Gasteiger partial charge in [-0.25, -0.2) is 0 Å². The van der Waals surface area contributed by atoms with E-state index in [2.05, 4.69) is 6.58 Å². The van der Waals surface area contributed by atoms with Gasteiger partial charge in [0.2, 0.25) is 0 Å². The van der Waals surface area contributed by atoms with Crippen LogP contribution in [0, 0.1) is 0 Å². The number of anilines is 1. The summed E-state index contributed by atoms with van der Waals surface area (Å²) in [5, 5.41) is 10.1. The van der Waals surface area contributed by atoms with Crippen molar-refractivity contribution in [3.8, 4) is 0 Å². The molecule has 1 atom stereocenters. The van der Waals surface area contributed by atoms with Gasteiger partial charge in [0.1, 0.15) is 0 Å². The Morgan fingerprint density at radius 2 is 2.00 bits per heavy atom. The van der Waals surface area contributed by atoms with E-state index in [1.54, 1.807) is 29.2 Å². The number of nitrogens with zero attached hydrogens (tertiary/aromatic N) is 1. The second kappa shape index (κ2) is 4.28. The normalized spacial score (nSPS) is 21.4. The summed E-state index contributed by atoms with van der Waals surface area (Å²) < 4.78 is 0. The topological polar surface area (TPSA) is 40.5 Å². The fourth-order valence-electron chi connectivity index (χ4n) is 1.71. The van der Waals surface area contributed by atoms with Gasteiger partial charge >= 0.3 is 0 Å². The summed E-state index contributed by atoms with van der Waals surface area (Å²) in [4.78, 5) is 13.5. The fraction of sp³-hybridized carbons (Fsp3) is 0.250. The molecule has 16 heavy (non-hydrogen) atoms. The Kier molecular flexibility index (Phi) is 2.99. The van der Waals surface area contributed by atoms with Crippen LogP contribution in [0.1, 0.15) is 6.42 Å². The summed E-state index contributed by atoms with van der Waals surface area (Å²) in [6.45, 7) is 4.10. The molecular weight excluding hydrogens is 226 g/mol. The average Bonchev–Trinajstić information content (AvgIpc) is 2.28. The highest BCUT2D eigenvalue weighted by Gasteiger charge is 2.28. The van der Waals surface area contributed by atoms with Gasteiger partial charge in [-0.1, -0.05) is 18.2 Å². The number of carbonyl (C=O) groups is 1. The smallest absolute Gasteiger partial charge is 0.256 e. The van der Waals surface area contributed by atoms with Crippen LogP contribution in [0.3, 0.4) is 0 Å². The molecule has 1 aliphatic heterocycles. The molecule has 1 fully saturated rings. The highest BCUT2D eigenvalue weighted by atomic mass is 35.5. The first-order chi connectivity index (χ1) is 7.59. The second-order valence-corrected chi connectivity index (χ2v) is 4.20. The number of benzene rings is 1. The number of hydrogen-bond donors (Lipinski definition) is 1. The predicted molar refractivity (Wildman–Crippen MR) is 63.6 cm³/mol. The number of halogens is 1. The Hall–Kier alpha value is -1.32. The van der Waals surface area contributed by atoms with E-state index < -0.39 is 6.10 Å². The number of amides is 1. The molecule has 0 spiro atoms. The quantitative estimate of drug-likeness (QED) is 0.759. The molecule has 4 heteroatoms. The van der Waals surface area contributed by atoms with Gasteiger partial charge in [0, 0.05) is 22.8 Å². The van der Waals surface area contributed by atoms with Crippen molar-refractivity contribution in [2.45, 2.75) is 12.5 Å². The summed E-state index contributed by atoms with van der Waals surface area (Å²) in [7, 11) is 0. The molecule has 1 aromatic carbocycles. The molecule has 1 N–H and O–H groups in total. The molecule has 1 amide bonds. The van der Waals surface area contributed by atoms with Crippen LogP contribution in [0.4, 0.5) is 5.69 Å². The van der Waals surface area contributed by atoms with Gasteiger partial charge in [0.05, 0.1) is 6.10 Å². The maximum atomic E-state index is 11.9. The summed E-state index contributed by atoms with van der Waals surface area (Å²) in [6.07, 6.45) is -0.191. The first-order valence-corrected chi connectivity index (χ1v) is 5.41. The minimum Gasteiger partial charge on any atom is -0.388 e. The third kappa shape index (κ3) is 1.96. The van der Waals surface area contributed by atoms with E-state index >= 15 is 0 Å². The molecule has 0 bridgehead atoms. The summed E-state index contributed by atoms with van der Waals surface area (Å²) in [5.74, 6) is -0.221. The van der Waals surface area contributed by atoms with Gasteiger partial charge in [-0.2, -0.15) is 0 Å². The van der Waals surface area contributed by atoms with Crippen LogP contribution in [-0.4, -0.2) is 23.7 Å². The number of hydrogen-bond acceptors (Lipinski definition) is 2. The highest BCUT2D eigenvalue weighted by molar-refractivity contribution is 6.30. The number of aliphatic hydroxyl groups is 1. The summed E-state index contributed by atoms with van der Waals surface area (Å²) in [6, 6.07) is 7.03. The zero-order valence-electron chi connectivity index (χ0n) is 8.69. The molecule has 1 heterocycles. The minimum atomic E-state index is -0.712. The molecule has 0 aromatic heterocycles. The third-order valence-corrected chi connectivity index (χ3v) is 2.94. The lowest BCUT2D eigenvalue weighted by Crippen LogP contribution is -2.42. The Morgan fingerprint density at radius 3 is 2.62 bits per heavy atom. The van der Waals surface area contributed by atoms with Crippen molar-refractivity contribution < 1.29 is 9.90 Å².